The van der Waals surface area contributed by atoms with Gasteiger partial charge in [-0.2, -0.15) is 0 Å². The fourth-order valence-electron chi connectivity index (χ4n) is 2.49. The van der Waals surface area contributed by atoms with Crippen LogP contribution in [0.1, 0.15) is 31.2 Å². The van der Waals surface area contributed by atoms with E-state index in [-0.39, 0.29) is 12.0 Å². The van der Waals surface area contributed by atoms with Gasteiger partial charge in [-0.1, -0.05) is 23.5 Å². The number of carbonyl (C=O) groups is 1. The molecule has 1 saturated heterocycles. The van der Waals surface area contributed by atoms with E-state index in [4.69, 9.17) is 4.74 Å². The molecule has 0 radical (unpaired) electrons. The molecule has 1 aliphatic rings. The minimum absolute atomic E-state index is 0.0252. The molecule has 5 heteroatoms. The van der Waals surface area contributed by atoms with E-state index in [2.05, 4.69) is 10.3 Å². The van der Waals surface area contributed by atoms with Gasteiger partial charge in [-0.3, -0.25) is 4.79 Å². The summed E-state index contributed by atoms with van der Waals surface area (Å²) in [5, 5.41) is 3.58. The second-order valence-electron chi connectivity index (χ2n) is 5.16. The number of aromatic nitrogens is 1. The number of nitrogens with zero attached hydrogens (tertiary/aromatic N) is 1. The number of anilines is 1. The van der Waals surface area contributed by atoms with Crippen LogP contribution in [0.5, 0.6) is 0 Å². The summed E-state index contributed by atoms with van der Waals surface area (Å²) >= 11 is 1.52. The van der Waals surface area contributed by atoms with Crippen molar-refractivity contribution in [2.24, 2.45) is 0 Å². The molecule has 3 rings (SSSR count). The highest BCUT2D eigenvalue weighted by molar-refractivity contribution is 7.22. The summed E-state index contributed by atoms with van der Waals surface area (Å²) in [7, 11) is 0. The lowest BCUT2D eigenvalue weighted by atomic mass is 10.1. The zero-order chi connectivity index (χ0) is 13.9. The first-order valence-electron chi connectivity index (χ1n) is 7.00. The molecule has 20 heavy (non-hydrogen) atoms. The van der Waals surface area contributed by atoms with Crippen molar-refractivity contribution in [1.29, 1.82) is 0 Å². The SMILES string of the molecule is Cc1cccc2sc(NC(=O)CC[C@@H]3CCCO3)nc12. The van der Waals surface area contributed by atoms with Crippen LogP contribution in [0.2, 0.25) is 0 Å². The Morgan fingerprint density at radius 2 is 2.45 bits per heavy atom. The summed E-state index contributed by atoms with van der Waals surface area (Å²) in [4.78, 5) is 16.4. The number of aryl methyl sites for hydroxylation is 1. The molecule has 0 aliphatic carbocycles. The van der Waals surface area contributed by atoms with Crippen LogP contribution in [-0.2, 0) is 9.53 Å². The Hall–Kier alpha value is -1.46. The van der Waals surface area contributed by atoms with Crippen LogP contribution in [0.25, 0.3) is 10.2 Å². The van der Waals surface area contributed by atoms with Crippen molar-refractivity contribution in [2.75, 3.05) is 11.9 Å². The minimum atomic E-state index is 0.0252. The van der Waals surface area contributed by atoms with Crippen molar-refractivity contribution in [3.8, 4) is 0 Å². The van der Waals surface area contributed by atoms with Gasteiger partial charge in [0.05, 0.1) is 16.3 Å². The summed E-state index contributed by atoms with van der Waals surface area (Å²) in [6, 6.07) is 6.08. The molecule has 1 N–H and O–H groups in total. The van der Waals surface area contributed by atoms with Crippen molar-refractivity contribution in [3.63, 3.8) is 0 Å². The lowest BCUT2D eigenvalue weighted by Crippen LogP contribution is -2.15. The van der Waals surface area contributed by atoms with Gasteiger partial charge in [-0.05, 0) is 37.8 Å². The number of nitrogens with one attached hydrogen (secondary N) is 1. The normalized spacial score (nSPS) is 18.6. The van der Waals surface area contributed by atoms with E-state index < -0.39 is 0 Å². The predicted molar refractivity (Wildman–Crippen MR) is 81.2 cm³/mol. The van der Waals surface area contributed by atoms with E-state index in [9.17, 15) is 4.79 Å². The van der Waals surface area contributed by atoms with Crippen LogP contribution in [0.4, 0.5) is 5.13 Å². The number of para-hydroxylation sites is 1. The molecule has 0 bridgehead atoms. The largest absolute Gasteiger partial charge is 0.378 e. The van der Waals surface area contributed by atoms with Crippen molar-refractivity contribution in [3.05, 3.63) is 23.8 Å². The third-order valence-corrected chi connectivity index (χ3v) is 4.52. The Kier molecular flexibility index (Phi) is 3.98. The number of hydrogen-bond acceptors (Lipinski definition) is 4. The Morgan fingerprint density at radius 3 is 3.20 bits per heavy atom. The maximum absolute atomic E-state index is 11.9. The average Bonchev–Trinajstić information content (AvgIpc) is 3.05. The molecule has 0 spiro atoms. The maximum Gasteiger partial charge on any atom is 0.226 e. The van der Waals surface area contributed by atoms with Gasteiger partial charge < -0.3 is 10.1 Å². The Labute approximate surface area is 122 Å². The van der Waals surface area contributed by atoms with Crippen molar-refractivity contribution < 1.29 is 9.53 Å². The lowest BCUT2D eigenvalue weighted by Gasteiger charge is -2.07. The molecule has 1 atom stereocenters. The van der Waals surface area contributed by atoms with Crippen LogP contribution < -0.4 is 5.32 Å². The van der Waals surface area contributed by atoms with Crippen LogP contribution >= 0.6 is 11.3 Å². The first kappa shape index (κ1) is 13.5. The summed E-state index contributed by atoms with van der Waals surface area (Å²) < 4.78 is 6.63. The second kappa shape index (κ2) is 5.89. The van der Waals surface area contributed by atoms with Gasteiger partial charge in [-0.15, -0.1) is 0 Å². The van der Waals surface area contributed by atoms with E-state index in [0.29, 0.717) is 11.6 Å². The summed E-state index contributed by atoms with van der Waals surface area (Å²) in [5.74, 6) is 0.0252. The Balaban J connectivity index is 1.60. The highest BCUT2D eigenvalue weighted by Gasteiger charge is 2.17. The maximum atomic E-state index is 11.9. The Bertz CT molecular complexity index is 617. The van der Waals surface area contributed by atoms with Crippen LogP contribution in [0.15, 0.2) is 18.2 Å². The average molecular weight is 290 g/mol. The molecule has 106 valence electrons. The number of benzene rings is 1. The molecule has 2 aromatic rings. The van der Waals surface area contributed by atoms with Gasteiger partial charge in [0.2, 0.25) is 5.91 Å². The molecule has 0 saturated carbocycles. The minimum Gasteiger partial charge on any atom is -0.378 e. The number of fused-ring (bicyclic) bond motifs is 1. The van der Waals surface area contributed by atoms with Crippen LogP contribution in [0.3, 0.4) is 0 Å². The third kappa shape index (κ3) is 2.99. The monoisotopic (exact) mass is 290 g/mol. The highest BCUT2D eigenvalue weighted by Crippen LogP contribution is 2.28. The predicted octanol–water partition coefficient (Wildman–Crippen LogP) is 3.50. The van der Waals surface area contributed by atoms with Gasteiger partial charge in [-0.25, -0.2) is 4.98 Å². The standard InChI is InChI=1S/C15H18N2O2S/c1-10-4-2-6-12-14(10)17-15(20-12)16-13(18)8-7-11-5-3-9-19-11/h2,4,6,11H,3,5,7-9H2,1H3,(H,16,17,18)/t11-/m0/s1. The zero-order valence-electron chi connectivity index (χ0n) is 11.5. The van der Waals surface area contributed by atoms with E-state index in [1.807, 2.05) is 25.1 Å². The van der Waals surface area contributed by atoms with Crippen LogP contribution in [-0.4, -0.2) is 23.6 Å². The number of hydrogen-bond donors (Lipinski definition) is 1. The number of ether oxygens (including phenoxy) is 1. The fraction of sp³-hybridized carbons (Fsp3) is 0.467. The molecule has 1 fully saturated rings. The fourth-order valence-corrected chi connectivity index (χ4v) is 3.45. The number of amides is 1. The third-order valence-electron chi connectivity index (χ3n) is 3.58. The number of carbonyl (C=O) groups excluding carboxylic acids is 1. The smallest absolute Gasteiger partial charge is 0.226 e. The quantitative estimate of drug-likeness (QED) is 0.937. The van der Waals surface area contributed by atoms with E-state index in [1.54, 1.807) is 0 Å². The molecule has 1 aromatic carbocycles. The molecular weight excluding hydrogens is 272 g/mol. The van der Waals surface area contributed by atoms with Gasteiger partial charge in [0.1, 0.15) is 0 Å². The van der Waals surface area contributed by atoms with E-state index in [0.717, 1.165) is 41.6 Å². The van der Waals surface area contributed by atoms with Crippen molar-refractivity contribution >= 4 is 32.6 Å². The Morgan fingerprint density at radius 1 is 1.55 bits per heavy atom. The summed E-state index contributed by atoms with van der Waals surface area (Å²) in [6.45, 7) is 2.87. The van der Waals surface area contributed by atoms with Gasteiger partial charge in [0, 0.05) is 13.0 Å². The summed E-state index contributed by atoms with van der Waals surface area (Å²) in [5.41, 5.74) is 2.12. The molecule has 4 nitrogen and oxygen atoms in total. The van der Waals surface area contributed by atoms with Crippen molar-refractivity contribution in [2.45, 2.75) is 38.7 Å². The van der Waals surface area contributed by atoms with Crippen molar-refractivity contribution in [1.82, 2.24) is 4.98 Å². The first-order chi connectivity index (χ1) is 9.72. The molecule has 2 heterocycles. The van der Waals surface area contributed by atoms with Gasteiger partial charge >= 0.3 is 0 Å². The topological polar surface area (TPSA) is 51.2 Å². The molecule has 0 unspecified atom stereocenters. The van der Waals surface area contributed by atoms with Gasteiger partial charge in [0.15, 0.2) is 5.13 Å². The lowest BCUT2D eigenvalue weighted by molar-refractivity contribution is -0.116. The number of thiazole rings is 1. The number of rotatable bonds is 4. The van der Waals surface area contributed by atoms with Crippen LogP contribution in [0, 0.1) is 6.92 Å². The second-order valence-corrected chi connectivity index (χ2v) is 6.19. The summed E-state index contributed by atoms with van der Waals surface area (Å²) in [6.07, 6.45) is 3.75. The molecule has 1 aromatic heterocycles. The van der Waals surface area contributed by atoms with E-state index >= 15 is 0 Å². The highest BCUT2D eigenvalue weighted by atomic mass is 32.1. The molecule has 1 aliphatic heterocycles. The first-order valence-corrected chi connectivity index (χ1v) is 7.81. The van der Waals surface area contributed by atoms with Gasteiger partial charge in [0.25, 0.3) is 0 Å². The van der Waals surface area contributed by atoms with E-state index in [1.165, 1.54) is 11.3 Å². The zero-order valence-corrected chi connectivity index (χ0v) is 12.3. The molecule has 1 amide bonds. The molecular formula is C15H18N2O2S.